The van der Waals surface area contributed by atoms with Crippen LogP contribution in [0.1, 0.15) is 19.8 Å². The van der Waals surface area contributed by atoms with Gasteiger partial charge in [-0.2, -0.15) is 0 Å². The first kappa shape index (κ1) is 16.0. The minimum atomic E-state index is -3.14. The molecule has 1 N–H and O–H groups in total. The third kappa shape index (κ3) is 4.53. The Morgan fingerprint density at radius 1 is 1.43 bits per heavy atom. The summed E-state index contributed by atoms with van der Waals surface area (Å²) in [6, 6.07) is 0.0136. The maximum absolute atomic E-state index is 12.2. The molecule has 0 aromatic carbocycles. The van der Waals surface area contributed by atoms with Crippen molar-refractivity contribution in [3.05, 3.63) is 18.7 Å². The van der Waals surface area contributed by atoms with Crippen molar-refractivity contribution in [1.29, 1.82) is 0 Å². The van der Waals surface area contributed by atoms with E-state index in [0.29, 0.717) is 32.5 Å². The maximum Gasteiger partial charge on any atom is 0.223 e. The molecule has 21 heavy (non-hydrogen) atoms. The number of sulfonamides is 1. The average Bonchev–Trinajstić information content (AvgIpc) is 2.90. The predicted molar refractivity (Wildman–Crippen MR) is 79.0 cm³/mol. The van der Waals surface area contributed by atoms with Gasteiger partial charge in [0.2, 0.25) is 15.9 Å². The second-order valence-electron chi connectivity index (χ2n) is 5.61. The largest absolute Gasteiger partial charge is 0.352 e. The number of carbonyl (C=O) groups is 1. The van der Waals surface area contributed by atoms with Crippen LogP contribution < -0.4 is 5.32 Å². The molecule has 118 valence electrons. The molecule has 1 aromatic rings. The fourth-order valence-corrected chi connectivity index (χ4v) is 3.44. The van der Waals surface area contributed by atoms with E-state index in [1.807, 2.05) is 17.7 Å². The van der Waals surface area contributed by atoms with Crippen molar-refractivity contribution < 1.29 is 13.2 Å². The third-order valence-electron chi connectivity index (χ3n) is 3.73. The fraction of sp³-hybridized carbons (Fsp3) is 0.692. The maximum atomic E-state index is 12.2. The quantitative estimate of drug-likeness (QED) is 0.833. The van der Waals surface area contributed by atoms with Crippen LogP contribution in [0.2, 0.25) is 0 Å². The lowest BCUT2D eigenvalue weighted by molar-refractivity contribution is -0.126. The highest BCUT2D eigenvalue weighted by Gasteiger charge is 2.29. The van der Waals surface area contributed by atoms with Crippen molar-refractivity contribution in [2.75, 3.05) is 19.3 Å². The number of nitrogens with one attached hydrogen (secondary N) is 1. The number of carbonyl (C=O) groups excluding carboxylic acids is 1. The van der Waals surface area contributed by atoms with E-state index in [1.165, 1.54) is 10.6 Å². The highest BCUT2D eigenvalue weighted by Crippen LogP contribution is 2.19. The minimum Gasteiger partial charge on any atom is -0.352 e. The number of hydrogen-bond acceptors (Lipinski definition) is 4. The van der Waals surface area contributed by atoms with Crippen molar-refractivity contribution in [3.8, 4) is 0 Å². The molecule has 8 heteroatoms. The molecule has 0 aliphatic carbocycles. The number of rotatable bonds is 5. The third-order valence-corrected chi connectivity index (χ3v) is 5.03. The Morgan fingerprint density at radius 3 is 2.62 bits per heavy atom. The summed E-state index contributed by atoms with van der Waals surface area (Å²) in [6.45, 7) is 3.47. The Morgan fingerprint density at radius 2 is 2.10 bits per heavy atom. The van der Waals surface area contributed by atoms with Gasteiger partial charge in [-0.3, -0.25) is 4.79 Å². The number of imidazole rings is 1. The smallest absolute Gasteiger partial charge is 0.223 e. The van der Waals surface area contributed by atoms with E-state index in [0.717, 1.165) is 0 Å². The Balaban J connectivity index is 1.79. The molecule has 0 radical (unpaired) electrons. The second kappa shape index (κ2) is 6.57. The zero-order valence-electron chi connectivity index (χ0n) is 12.4. The van der Waals surface area contributed by atoms with Gasteiger partial charge in [0.15, 0.2) is 0 Å². The van der Waals surface area contributed by atoms with E-state index < -0.39 is 10.0 Å². The predicted octanol–water partition coefficient (Wildman–Crippen LogP) is 0.0594. The Labute approximate surface area is 125 Å². The zero-order chi connectivity index (χ0) is 15.5. The van der Waals surface area contributed by atoms with E-state index in [2.05, 4.69) is 10.3 Å². The highest BCUT2D eigenvalue weighted by molar-refractivity contribution is 7.88. The van der Waals surface area contributed by atoms with Gasteiger partial charge in [-0.25, -0.2) is 17.7 Å². The normalized spacial score (nSPS) is 19.3. The summed E-state index contributed by atoms with van der Waals surface area (Å²) in [7, 11) is -3.14. The van der Waals surface area contributed by atoms with E-state index in [1.54, 1.807) is 12.5 Å². The van der Waals surface area contributed by atoms with Crippen LogP contribution in [0.3, 0.4) is 0 Å². The first-order valence-electron chi connectivity index (χ1n) is 7.07. The van der Waals surface area contributed by atoms with Gasteiger partial charge in [-0.1, -0.05) is 0 Å². The van der Waals surface area contributed by atoms with Crippen LogP contribution in [0.5, 0.6) is 0 Å². The van der Waals surface area contributed by atoms with Gasteiger partial charge in [0.05, 0.1) is 12.6 Å². The fourth-order valence-electron chi connectivity index (χ4n) is 2.57. The first-order chi connectivity index (χ1) is 9.86. The molecule has 2 rings (SSSR count). The van der Waals surface area contributed by atoms with Crippen LogP contribution in [0.25, 0.3) is 0 Å². The van der Waals surface area contributed by atoms with Gasteiger partial charge in [0.1, 0.15) is 0 Å². The molecule has 1 saturated heterocycles. The monoisotopic (exact) mass is 314 g/mol. The van der Waals surface area contributed by atoms with E-state index >= 15 is 0 Å². The summed E-state index contributed by atoms with van der Waals surface area (Å²) in [5, 5.41) is 2.99. The molecule has 0 saturated carbocycles. The Hall–Kier alpha value is -1.41. The summed E-state index contributed by atoms with van der Waals surface area (Å²) in [6.07, 6.45) is 7.64. The van der Waals surface area contributed by atoms with E-state index in [4.69, 9.17) is 0 Å². The van der Waals surface area contributed by atoms with Crippen molar-refractivity contribution in [1.82, 2.24) is 19.2 Å². The highest BCUT2D eigenvalue weighted by atomic mass is 32.2. The molecule has 1 fully saturated rings. The number of hydrogen-bond donors (Lipinski definition) is 1. The van der Waals surface area contributed by atoms with Crippen LogP contribution in [0.15, 0.2) is 18.7 Å². The summed E-state index contributed by atoms with van der Waals surface area (Å²) >= 11 is 0. The standard InChI is InChI=1S/C13H22N4O3S/c1-11(9-16-8-5-14-10-16)15-13(18)12-3-6-17(7-4-12)21(2,19)20/h5,8,10-12H,3-4,6-7,9H2,1-2H3,(H,15,18)/t11-/m0/s1. The lowest BCUT2D eigenvalue weighted by atomic mass is 9.97. The summed E-state index contributed by atoms with van der Waals surface area (Å²) < 4.78 is 26.2. The lowest BCUT2D eigenvalue weighted by Gasteiger charge is -2.30. The summed E-state index contributed by atoms with van der Waals surface area (Å²) in [4.78, 5) is 16.2. The van der Waals surface area contributed by atoms with Crippen LogP contribution >= 0.6 is 0 Å². The molecule has 1 amide bonds. The summed E-state index contributed by atoms with van der Waals surface area (Å²) in [5.41, 5.74) is 0. The van der Waals surface area contributed by atoms with Gasteiger partial charge in [0.25, 0.3) is 0 Å². The second-order valence-corrected chi connectivity index (χ2v) is 7.59. The van der Waals surface area contributed by atoms with Crippen molar-refractivity contribution >= 4 is 15.9 Å². The molecule has 0 spiro atoms. The number of aromatic nitrogens is 2. The molecule has 1 aromatic heterocycles. The van der Waals surface area contributed by atoms with Crippen LogP contribution in [0.4, 0.5) is 0 Å². The molecule has 1 aliphatic rings. The van der Waals surface area contributed by atoms with Crippen molar-refractivity contribution in [3.63, 3.8) is 0 Å². The van der Waals surface area contributed by atoms with Gasteiger partial charge in [0, 0.05) is 44.0 Å². The van der Waals surface area contributed by atoms with E-state index in [9.17, 15) is 13.2 Å². The zero-order valence-corrected chi connectivity index (χ0v) is 13.2. The van der Waals surface area contributed by atoms with Crippen LogP contribution in [-0.2, 0) is 21.4 Å². The topological polar surface area (TPSA) is 84.3 Å². The molecular formula is C13H22N4O3S. The minimum absolute atomic E-state index is 0.00997. The molecule has 1 atom stereocenters. The number of nitrogens with zero attached hydrogens (tertiary/aromatic N) is 3. The summed E-state index contributed by atoms with van der Waals surface area (Å²) in [5.74, 6) is -0.0935. The SMILES string of the molecule is C[C@@H](Cn1ccnc1)NC(=O)C1CCN(S(C)(=O)=O)CC1. The number of amides is 1. The lowest BCUT2D eigenvalue weighted by Crippen LogP contribution is -2.45. The molecule has 2 heterocycles. The first-order valence-corrected chi connectivity index (χ1v) is 8.92. The molecule has 7 nitrogen and oxygen atoms in total. The molecule has 0 unspecified atom stereocenters. The van der Waals surface area contributed by atoms with Crippen molar-refractivity contribution in [2.24, 2.45) is 5.92 Å². The Bertz CT molecular complexity index is 562. The van der Waals surface area contributed by atoms with Crippen LogP contribution in [0, 0.1) is 5.92 Å². The molecule has 0 bridgehead atoms. The van der Waals surface area contributed by atoms with Gasteiger partial charge >= 0.3 is 0 Å². The van der Waals surface area contributed by atoms with Gasteiger partial charge < -0.3 is 9.88 Å². The van der Waals surface area contributed by atoms with Gasteiger partial charge in [-0.05, 0) is 19.8 Å². The average molecular weight is 314 g/mol. The number of piperidine rings is 1. The van der Waals surface area contributed by atoms with E-state index in [-0.39, 0.29) is 17.9 Å². The molecular weight excluding hydrogens is 292 g/mol. The van der Waals surface area contributed by atoms with Crippen molar-refractivity contribution in [2.45, 2.75) is 32.4 Å². The van der Waals surface area contributed by atoms with Crippen LogP contribution in [-0.4, -0.2) is 53.6 Å². The molecule has 1 aliphatic heterocycles. The van der Waals surface area contributed by atoms with Gasteiger partial charge in [-0.15, -0.1) is 0 Å². The Kier molecular flexibility index (Phi) is 5.00.